The molecule has 0 saturated carbocycles. The van der Waals surface area contributed by atoms with Crippen molar-refractivity contribution in [1.82, 2.24) is 10.2 Å². The van der Waals surface area contributed by atoms with E-state index in [1.807, 2.05) is 20.8 Å². The van der Waals surface area contributed by atoms with Crippen LogP contribution in [0.1, 0.15) is 33.6 Å². The van der Waals surface area contributed by atoms with Crippen LogP contribution in [0.4, 0.5) is 0 Å². The second kappa shape index (κ2) is 4.30. The van der Waals surface area contributed by atoms with Gasteiger partial charge in [-0.2, -0.15) is 0 Å². The van der Waals surface area contributed by atoms with Crippen LogP contribution in [-0.4, -0.2) is 37.0 Å². The predicted octanol–water partition coefficient (Wildman–Crippen LogP) is 1.24. The summed E-state index contributed by atoms with van der Waals surface area (Å²) in [5.74, 6) is 0.165. The molecule has 1 rings (SSSR count). The first kappa shape index (κ1) is 11.5. The first-order valence-corrected chi connectivity index (χ1v) is 5.39. The average molecular weight is 198 g/mol. The van der Waals surface area contributed by atoms with Gasteiger partial charge in [0, 0.05) is 18.0 Å². The van der Waals surface area contributed by atoms with Crippen LogP contribution in [0.5, 0.6) is 0 Å². The van der Waals surface area contributed by atoms with Gasteiger partial charge in [-0.25, -0.2) is 0 Å². The van der Waals surface area contributed by atoms with Crippen molar-refractivity contribution in [1.29, 1.82) is 0 Å². The molecule has 1 saturated heterocycles. The number of nitrogens with one attached hydrogen (secondary N) is 1. The third-order valence-corrected chi connectivity index (χ3v) is 2.64. The number of amides is 1. The Morgan fingerprint density at radius 3 is 2.57 bits per heavy atom. The number of rotatable bonds is 1. The maximum absolute atomic E-state index is 11.7. The Morgan fingerprint density at radius 2 is 2.07 bits per heavy atom. The van der Waals surface area contributed by atoms with E-state index in [1.165, 1.54) is 6.42 Å². The van der Waals surface area contributed by atoms with Crippen molar-refractivity contribution in [3.63, 3.8) is 0 Å². The van der Waals surface area contributed by atoms with Crippen LogP contribution < -0.4 is 5.32 Å². The van der Waals surface area contributed by atoms with Crippen LogP contribution in [0, 0.1) is 5.41 Å². The van der Waals surface area contributed by atoms with Crippen molar-refractivity contribution in [3.05, 3.63) is 0 Å². The Kier molecular flexibility index (Phi) is 3.53. The lowest BCUT2D eigenvalue weighted by Crippen LogP contribution is -2.49. The summed E-state index contributed by atoms with van der Waals surface area (Å²) < 4.78 is 0. The highest BCUT2D eigenvalue weighted by molar-refractivity contribution is 5.81. The Bertz CT molecular complexity index is 208. The molecule has 0 aromatic heterocycles. The van der Waals surface area contributed by atoms with E-state index < -0.39 is 0 Å². The lowest BCUT2D eigenvalue weighted by atomic mass is 9.94. The van der Waals surface area contributed by atoms with Gasteiger partial charge in [0.25, 0.3) is 0 Å². The average Bonchev–Trinajstić information content (AvgIpc) is 2.02. The minimum absolute atomic E-state index is 0.165. The van der Waals surface area contributed by atoms with Gasteiger partial charge in [0.05, 0.1) is 0 Å². The first-order valence-electron chi connectivity index (χ1n) is 5.39. The number of likely N-dealkylation sites (tertiary alicyclic amines) is 1. The standard InChI is InChI=1S/C11H22N2O/c1-11(2,3)10(14)12-9-6-5-7-13(4)8-9/h9H,5-8H2,1-4H3,(H,12,14). The van der Waals surface area contributed by atoms with Gasteiger partial charge in [0.2, 0.25) is 5.91 Å². The smallest absolute Gasteiger partial charge is 0.225 e. The number of hydrogen-bond donors (Lipinski definition) is 1. The summed E-state index contributed by atoms with van der Waals surface area (Å²) in [4.78, 5) is 14.0. The van der Waals surface area contributed by atoms with Crippen molar-refractivity contribution in [2.24, 2.45) is 5.41 Å². The monoisotopic (exact) mass is 198 g/mol. The van der Waals surface area contributed by atoms with Crippen LogP contribution in [0.25, 0.3) is 0 Å². The number of hydrogen-bond acceptors (Lipinski definition) is 2. The van der Waals surface area contributed by atoms with E-state index in [0.717, 1.165) is 19.5 Å². The van der Waals surface area contributed by atoms with Gasteiger partial charge in [-0.1, -0.05) is 20.8 Å². The molecule has 3 heteroatoms. The van der Waals surface area contributed by atoms with Crippen molar-refractivity contribution in [3.8, 4) is 0 Å². The fourth-order valence-corrected chi connectivity index (χ4v) is 1.69. The zero-order valence-corrected chi connectivity index (χ0v) is 9.76. The molecular weight excluding hydrogens is 176 g/mol. The molecule has 1 unspecified atom stereocenters. The summed E-state index contributed by atoms with van der Waals surface area (Å²) in [5, 5.41) is 3.11. The minimum Gasteiger partial charge on any atom is -0.352 e. The fraction of sp³-hybridized carbons (Fsp3) is 0.909. The van der Waals surface area contributed by atoms with Crippen molar-refractivity contribution < 1.29 is 4.79 Å². The third-order valence-electron chi connectivity index (χ3n) is 2.64. The molecule has 3 nitrogen and oxygen atoms in total. The van der Waals surface area contributed by atoms with Crippen LogP contribution >= 0.6 is 0 Å². The summed E-state index contributed by atoms with van der Waals surface area (Å²) in [6.07, 6.45) is 2.30. The number of piperidine rings is 1. The first-order chi connectivity index (χ1) is 6.39. The van der Waals surface area contributed by atoms with E-state index in [2.05, 4.69) is 17.3 Å². The van der Waals surface area contributed by atoms with E-state index in [4.69, 9.17) is 0 Å². The molecule has 82 valence electrons. The van der Waals surface area contributed by atoms with E-state index in [1.54, 1.807) is 0 Å². The molecule has 1 aliphatic rings. The van der Waals surface area contributed by atoms with Gasteiger partial charge in [0.15, 0.2) is 0 Å². The number of carbonyl (C=O) groups excluding carboxylic acids is 1. The number of likely N-dealkylation sites (N-methyl/N-ethyl adjacent to an activating group) is 1. The van der Waals surface area contributed by atoms with Crippen LogP contribution in [0.15, 0.2) is 0 Å². The number of nitrogens with zero attached hydrogens (tertiary/aromatic N) is 1. The quantitative estimate of drug-likeness (QED) is 0.687. The van der Waals surface area contributed by atoms with Gasteiger partial charge < -0.3 is 10.2 Å². The molecule has 0 aromatic carbocycles. The summed E-state index contributed by atoms with van der Waals surface area (Å²) in [6, 6.07) is 0.348. The molecule has 0 bridgehead atoms. The molecule has 0 aliphatic carbocycles. The molecular formula is C11H22N2O. The van der Waals surface area contributed by atoms with Crippen LogP contribution in [0.3, 0.4) is 0 Å². The summed E-state index contributed by atoms with van der Waals surface area (Å²) in [6.45, 7) is 8.00. The molecule has 1 aliphatic heterocycles. The van der Waals surface area contributed by atoms with Gasteiger partial charge in [-0.3, -0.25) is 4.79 Å². The largest absolute Gasteiger partial charge is 0.352 e. The predicted molar refractivity (Wildman–Crippen MR) is 58.1 cm³/mol. The van der Waals surface area contributed by atoms with E-state index in [-0.39, 0.29) is 11.3 Å². The highest BCUT2D eigenvalue weighted by Crippen LogP contribution is 2.15. The van der Waals surface area contributed by atoms with Gasteiger partial charge in [-0.05, 0) is 26.4 Å². The molecule has 1 fully saturated rings. The summed E-state index contributed by atoms with van der Waals surface area (Å²) in [7, 11) is 2.11. The van der Waals surface area contributed by atoms with E-state index in [0.29, 0.717) is 6.04 Å². The maximum Gasteiger partial charge on any atom is 0.225 e. The minimum atomic E-state index is -0.268. The van der Waals surface area contributed by atoms with Gasteiger partial charge >= 0.3 is 0 Å². The Labute approximate surface area is 86.9 Å². The van der Waals surface area contributed by atoms with Crippen LogP contribution in [-0.2, 0) is 4.79 Å². The Hall–Kier alpha value is -0.570. The van der Waals surface area contributed by atoms with Gasteiger partial charge in [-0.15, -0.1) is 0 Å². The topological polar surface area (TPSA) is 32.3 Å². The van der Waals surface area contributed by atoms with Gasteiger partial charge in [0.1, 0.15) is 0 Å². The molecule has 14 heavy (non-hydrogen) atoms. The number of carbonyl (C=O) groups is 1. The summed E-state index contributed by atoms with van der Waals surface area (Å²) in [5.41, 5.74) is -0.268. The van der Waals surface area contributed by atoms with Crippen LogP contribution in [0.2, 0.25) is 0 Å². The van der Waals surface area contributed by atoms with E-state index >= 15 is 0 Å². The second-order valence-electron chi connectivity index (χ2n) is 5.32. The molecule has 1 heterocycles. The Morgan fingerprint density at radius 1 is 1.43 bits per heavy atom. The fourth-order valence-electron chi connectivity index (χ4n) is 1.69. The lowest BCUT2D eigenvalue weighted by Gasteiger charge is -2.32. The third kappa shape index (κ3) is 3.29. The molecule has 0 spiro atoms. The molecule has 0 radical (unpaired) electrons. The maximum atomic E-state index is 11.7. The zero-order chi connectivity index (χ0) is 10.8. The lowest BCUT2D eigenvalue weighted by molar-refractivity contribution is -0.129. The van der Waals surface area contributed by atoms with Crippen molar-refractivity contribution >= 4 is 5.91 Å². The SMILES string of the molecule is CN1CCCC(NC(=O)C(C)(C)C)C1. The highest BCUT2D eigenvalue weighted by Gasteiger charge is 2.25. The molecule has 1 atom stereocenters. The molecule has 1 N–H and O–H groups in total. The summed E-state index contributed by atoms with van der Waals surface area (Å²) >= 11 is 0. The second-order valence-corrected chi connectivity index (χ2v) is 5.32. The van der Waals surface area contributed by atoms with E-state index in [9.17, 15) is 4.79 Å². The zero-order valence-electron chi connectivity index (χ0n) is 9.76. The van der Waals surface area contributed by atoms with Crippen molar-refractivity contribution in [2.75, 3.05) is 20.1 Å². The Balaban J connectivity index is 2.40. The molecule has 0 aromatic rings. The molecule has 1 amide bonds. The van der Waals surface area contributed by atoms with Crippen molar-refractivity contribution in [2.45, 2.75) is 39.7 Å². The normalized spacial score (nSPS) is 24.7. The highest BCUT2D eigenvalue weighted by atomic mass is 16.2.